The van der Waals surface area contributed by atoms with Crippen LogP contribution in [-0.4, -0.2) is 31.8 Å². The fourth-order valence-corrected chi connectivity index (χ4v) is 3.36. The number of halogens is 1. The van der Waals surface area contributed by atoms with Crippen molar-refractivity contribution >= 4 is 51.3 Å². The van der Waals surface area contributed by atoms with Gasteiger partial charge in [-0.3, -0.25) is 4.79 Å². The van der Waals surface area contributed by atoms with E-state index in [4.69, 9.17) is 11.6 Å². The van der Waals surface area contributed by atoms with E-state index in [0.717, 1.165) is 16.5 Å². The van der Waals surface area contributed by atoms with E-state index in [2.05, 4.69) is 25.5 Å². The van der Waals surface area contributed by atoms with Gasteiger partial charge in [-0.05, 0) is 23.8 Å². The number of aromatic nitrogens is 4. The lowest BCUT2D eigenvalue weighted by atomic mass is 10.2. The maximum absolute atomic E-state index is 12.0. The van der Waals surface area contributed by atoms with Gasteiger partial charge in [0, 0.05) is 22.5 Å². The lowest BCUT2D eigenvalue weighted by Crippen LogP contribution is -2.24. The van der Waals surface area contributed by atoms with Gasteiger partial charge < -0.3 is 10.3 Å². The molecule has 2 aromatic carbocycles. The van der Waals surface area contributed by atoms with Crippen LogP contribution in [0, 0.1) is 0 Å². The molecule has 0 atom stereocenters. The molecule has 0 spiro atoms. The fraction of sp³-hybridized carbons (Fsp3) is 0.111. The van der Waals surface area contributed by atoms with Gasteiger partial charge in [-0.25, -0.2) is 4.98 Å². The van der Waals surface area contributed by atoms with Crippen LogP contribution in [0.5, 0.6) is 0 Å². The van der Waals surface area contributed by atoms with Crippen LogP contribution in [0.15, 0.2) is 53.7 Å². The molecule has 1 amide bonds. The molecule has 4 rings (SSSR count). The number of hydrogen-bond acceptors (Lipinski definition) is 5. The Morgan fingerprint density at radius 1 is 1.15 bits per heavy atom. The second kappa shape index (κ2) is 7.31. The van der Waals surface area contributed by atoms with Crippen molar-refractivity contribution in [2.45, 2.75) is 11.7 Å². The van der Waals surface area contributed by atoms with Crippen molar-refractivity contribution in [1.29, 1.82) is 0 Å². The third-order valence-electron chi connectivity index (χ3n) is 3.82. The number of aromatic amines is 1. The van der Waals surface area contributed by atoms with Crippen LogP contribution in [0.25, 0.3) is 22.1 Å². The largest absolute Gasteiger partial charge is 0.351 e. The van der Waals surface area contributed by atoms with Crippen LogP contribution in [0.2, 0.25) is 5.02 Å². The van der Waals surface area contributed by atoms with Crippen LogP contribution < -0.4 is 5.32 Å². The minimum Gasteiger partial charge on any atom is -0.351 e. The van der Waals surface area contributed by atoms with Crippen LogP contribution in [0.4, 0.5) is 0 Å². The highest BCUT2D eigenvalue weighted by Crippen LogP contribution is 2.26. The summed E-state index contributed by atoms with van der Waals surface area (Å²) in [4.78, 5) is 19.6. The Balaban J connectivity index is 1.42. The van der Waals surface area contributed by atoms with E-state index in [1.165, 1.54) is 11.8 Å². The van der Waals surface area contributed by atoms with Gasteiger partial charge in [-0.15, -0.1) is 10.2 Å². The molecule has 2 heterocycles. The number of nitrogens with zero attached hydrogens (tertiary/aromatic N) is 3. The molecule has 26 heavy (non-hydrogen) atoms. The first-order valence-electron chi connectivity index (χ1n) is 7.94. The maximum atomic E-state index is 12.0. The summed E-state index contributed by atoms with van der Waals surface area (Å²) in [5.74, 6) is 0.150. The number of amides is 1. The quantitative estimate of drug-likeness (QED) is 0.515. The van der Waals surface area contributed by atoms with E-state index in [9.17, 15) is 4.79 Å². The average molecular weight is 384 g/mol. The summed E-state index contributed by atoms with van der Waals surface area (Å²) in [6.45, 7) is 0.501. The van der Waals surface area contributed by atoms with Crippen LogP contribution in [0.1, 0.15) is 5.56 Å². The van der Waals surface area contributed by atoms with Gasteiger partial charge in [0.15, 0.2) is 5.65 Å². The van der Waals surface area contributed by atoms with Crippen molar-refractivity contribution in [3.8, 4) is 0 Å². The summed E-state index contributed by atoms with van der Waals surface area (Å²) in [6.07, 6.45) is 0. The molecule has 0 saturated heterocycles. The number of hydrogen-bond donors (Lipinski definition) is 2. The Morgan fingerprint density at radius 2 is 2.00 bits per heavy atom. The van der Waals surface area contributed by atoms with E-state index in [1.807, 2.05) is 42.5 Å². The van der Waals surface area contributed by atoms with Crippen molar-refractivity contribution in [3.63, 3.8) is 0 Å². The van der Waals surface area contributed by atoms with Crippen molar-refractivity contribution in [1.82, 2.24) is 25.5 Å². The first-order valence-corrected chi connectivity index (χ1v) is 9.30. The van der Waals surface area contributed by atoms with Gasteiger partial charge in [0.05, 0.1) is 5.75 Å². The zero-order valence-corrected chi connectivity index (χ0v) is 15.1. The summed E-state index contributed by atoms with van der Waals surface area (Å²) in [5, 5.41) is 13.2. The normalized spacial score (nSPS) is 11.1. The highest BCUT2D eigenvalue weighted by Gasteiger charge is 2.11. The zero-order chi connectivity index (χ0) is 17.9. The molecule has 2 aromatic heterocycles. The average Bonchev–Trinajstić information content (AvgIpc) is 3.02. The zero-order valence-electron chi connectivity index (χ0n) is 13.6. The highest BCUT2D eigenvalue weighted by molar-refractivity contribution is 7.99. The Bertz CT molecular complexity index is 1080. The van der Waals surface area contributed by atoms with Crippen LogP contribution in [0.3, 0.4) is 0 Å². The molecule has 0 aliphatic carbocycles. The lowest BCUT2D eigenvalue weighted by molar-refractivity contribution is -0.118. The van der Waals surface area contributed by atoms with E-state index in [0.29, 0.717) is 27.9 Å². The Kier molecular flexibility index (Phi) is 4.73. The predicted octanol–water partition coefficient (Wildman–Crippen LogP) is 3.57. The maximum Gasteiger partial charge on any atom is 0.230 e. The van der Waals surface area contributed by atoms with Gasteiger partial charge in [-0.1, -0.05) is 53.7 Å². The second-order valence-electron chi connectivity index (χ2n) is 5.66. The minimum atomic E-state index is -0.0778. The summed E-state index contributed by atoms with van der Waals surface area (Å²) in [7, 11) is 0. The number of rotatable bonds is 5. The molecule has 0 radical (unpaired) electrons. The summed E-state index contributed by atoms with van der Waals surface area (Å²) in [6, 6.07) is 15.3. The van der Waals surface area contributed by atoms with Crippen molar-refractivity contribution in [2.75, 3.05) is 5.75 Å². The third kappa shape index (κ3) is 3.63. The van der Waals surface area contributed by atoms with E-state index in [1.54, 1.807) is 6.07 Å². The molecule has 2 N–H and O–H groups in total. The summed E-state index contributed by atoms with van der Waals surface area (Å²) < 4.78 is 0. The molecule has 0 fully saturated rings. The Hall–Kier alpha value is -2.64. The topological polar surface area (TPSA) is 83.6 Å². The Labute approximate surface area is 158 Å². The van der Waals surface area contributed by atoms with Crippen LogP contribution >= 0.6 is 23.4 Å². The molecule has 0 saturated carbocycles. The number of thioether (sulfide) groups is 1. The van der Waals surface area contributed by atoms with E-state index < -0.39 is 0 Å². The number of benzene rings is 2. The minimum absolute atomic E-state index is 0.0778. The number of H-pyrrole nitrogens is 1. The van der Waals surface area contributed by atoms with E-state index >= 15 is 0 Å². The third-order valence-corrected chi connectivity index (χ3v) is 4.89. The smallest absolute Gasteiger partial charge is 0.230 e. The fourth-order valence-electron chi connectivity index (χ4n) is 2.57. The molecular formula is C18H14ClN5OS. The molecule has 0 aliphatic rings. The lowest BCUT2D eigenvalue weighted by Gasteiger charge is -2.04. The van der Waals surface area contributed by atoms with E-state index in [-0.39, 0.29) is 11.7 Å². The first-order chi connectivity index (χ1) is 12.7. The predicted molar refractivity (Wildman–Crippen MR) is 103 cm³/mol. The molecule has 4 aromatic rings. The molecule has 6 nitrogen and oxygen atoms in total. The monoisotopic (exact) mass is 383 g/mol. The molecule has 130 valence electrons. The van der Waals surface area contributed by atoms with Gasteiger partial charge in [0.2, 0.25) is 11.1 Å². The van der Waals surface area contributed by atoms with Gasteiger partial charge in [0.1, 0.15) is 5.52 Å². The summed E-state index contributed by atoms with van der Waals surface area (Å²) in [5.41, 5.74) is 3.25. The molecule has 0 aliphatic heterocycles. The van der Waals surface area contributed by atoms with Crippen molar-refractivity contribution in [2.24, 2.45) is 0 Å². The molecule has 0 unspecified atom stereocenters. The van der Waals surface area contributed by atoms with Crippen molar-refractivity contribution < 1.29 is 4.79 Å². The number of nitrogens with one attached hydrogen (secondary N) is 2. The first kappa shape index (κ1) is 16.8. The molecular weight excluding hydrogens is 370 g/mol. The molecule has 0 bridgehead atoms. The highest BCUT2D eigenvalue weighted by atomic mass is 35.5. The SMILES string of the molecule is O=C(CSc1nnc2c(n1)[nH]c1ccc(Cl)cc12)NCc1ccccc1. The van der Waals surface area contributed by atoms with Gasteiger partial charge in [-0.2, -0.15) is 0 Å². The summed E-state index contributed by atoms with van der Waals surface area (Å²) >= 11 is 7.28. The van der Waals surface area contributed by atoms with Crippen molar-refractivity contribution in [3.05, 3.63) is 59.1 Å². The number of carbonyl (C=O) groups excluding carboxylic acids is 1. The Morgan fingerprint density at radius 3 is 2.85 bits per heavy atom. The number of carbonyl (C=O) groups is 1. The number of fused-ring (bicyclic) bond motifs is 3. The standard InChI is InChI=1S/C18H14ClN5OS/c19-12-6-7-14-13(8-12)16-17(21-14)22-18(24-23-16)26-10-15(25)20-9-11-4-2-1-3-5-11/h1-8H,9-10H2,(H,20,25)(H,21,22,24). The van der Waals surface area contributed by atoms with Crippen LogP contribution in [-0.2, 0) is 11.3 Å². The second-order valence-corrected chi connectivity index (χ2v) is 7.04. The molecule has 8 heteroatoms. The van der Waals surface area contributed by atoms with Gasteiger partial charge in [0.25, 0.3) is 0 Å². The van der Waals surface area contributed by atoms with Gasteiger partial charge >= 0.3 is 0 Å².